The van der Waals surface area contributed by atoms with Crippen LogP contribution < -0.4 is 9.47 Å². The van der Waals surface area contributed by atoms with Crippen molar-refractivity contribution in [3.05, 3.63) is 41.7 Å². The monoisotopic (exact) mass is 274 g/mol. The summed E-state index contributed by atoms with van der Waals surface area (Å²) in [4.78, 5) is 12.3. The first-order chi connectivity index (χ1) is 9.65. The van der Waals surface area contributed by atoms with Gasteiger partial charge in [0.15, 0.2) is 5.78 Å². The second-order valence-electron chi connectivity index (χ2n) is 4.44. The van der Waals surface area contributed by atoms with Gasteiger partial charge in [0.05, 0.1) is 19.8 Å². The van der Waals surface area contributed by atoms with Gasteiger partial charge in [-0.2, -0.15) is 5.10 Å². The van der Waals surface area contributed by atoms with Gasteiger partial charge in [-0.05, 0) is 30.7 Å². The lowest BCUT2D eigenvalue weighted by molar-refractivity contribution is 0.0979. The van der Waals surface area contributed by atoms with Crippen molar-refractivity contribution >= 4 is 5.78 Å². The molecule has 0 saturated heterocycles. The van der Waals surface area contributed by atoms with E-state index in [1.54, 1.807) is 43.3 Å². The molecular formula is C15H18N2O3. The van der Waals surface area contributed by atoms with Crippen molar-refractivity contribution in [3.8, 4) is 11.5 Å². The Morgan fingerprint density at radius 2 is 2.05 bits per heavy atom. The van der Waals surface area contributed by atoms with E-state index in [4.69, 9.17) is 9.47 Å². The van der Waals surface area contributed by atoms with E-state index in [1.165, 1.54) is 0 Å². The quantitative estimate of drug-likeness (QED) is 0.758. The molecule has 0 saturated carbocycles. The molecule has 0 aliphatic carbocycles. The third kappa shape index (κ3) is 2.99. The zero-order chi connectivity index (χ0) is 14.5. The number of ketones is 1. The first kappa shape index (κ1) is 14.1. The van der Waals surface area contributed by atoms with Crippen molar-refractivity contribution in [1.82, 2.24) is 9.78 Å². The molecule has 0 bridgehead atoms. The van der Waals surface area contributed by atoms with E-state index in [-0.39, 0.29) is 5.78 Å². The molecule has 0 N–H and O–H groups in total. The van der Waals surface area contributed by atoms with Crippen LogP contribution in [-0.2, 0) is 13.5 Å². The minimum atomic E-state index is 0.0296. The van der Waals surface area contributed by atoms with Gasteiger partial charge in [0.25, 0.3) is 0 Å². The van der Waals surface area contributed by atoms with Crippen molar-refractivity contribution in [3.63, 3.8) is 0 Å². The van der Waals surface area contributed by atoms with Crippen LogP contribution in [0.1, 0.15) is 22.5 Å². The molecule has 0 fully saturated rings. The molecule has 0 amide bonds. The third-order valence-electron chi connectivity index (χ3n) is 3.24. The first-order valence-corrected chi connectivity index (χ1v) is 6.38. The molecule has 0 atom stereocenters. The number of carbonyl (C=O) groups excluding carboxylic acids is 1. The molecule has 5 heteroatoms. The molecule has 2 rings (SSSR count). The fraction of sp³-hybridized carbons (Fsp3) is 0.333. The van der Waals surface area contributed by atoms with Gasteiger partial charge in [-0.1, -0.05) is 0 Å². The van der Waals surface area contributed by atoms with Crippen LogP contribution >= 0.6 is 0 Å². The average molecular weight is 274 g/mol. The highest BCUT2D eigenvalue weighted by Crippen LogP contribution is 2.25. The fourth-order valence-corrected chi connectivity index (χ4v) is 2.05. The summed E-state index contributed by atoms with van der Waals surface area (Å²) in [6.45, 7) is 0. The minimum Gasteiger partial charge on any atom is -0.497 e. The number of benzene rings is 1. The van der Waals surface area contributed by atoms with E-state index in [1.807, 2.05) is 13.1 Å². The molecule has 0 aliphatic rings. The van der Waals surface area contributed by atoms with E-state index >= 15 is 0 Å². The Hall–Kier alpha value is -2.30. The summed E-state index contributed by atoms with van der Waals surface area (Å²) >= 11 is 0. The Kier molecular flexibility index (Phi) is 4.40. The molecule has 20 heavy (non-hydrogen) atoms. The van der Waals surface area contributed by atoms with E-state index in [9.17, 15) is 4.79 Å². The van der Waals surface area contributed by atoms with Gasteiger partial charge in [-0.3, -0.25) is 9.48 Å². The lowest BCUT2D eigenvalue weighted by atomic mass is 10.0. The molecule has 1 heterocycles. The minimum absolute atomic E-state index is 0.0296. The zero-order valence-corrected chi connectivity index (χ0v) is 11.9. The highest BCUT2D eigenvalue weighted by Gasteiger charge is 2.14. The molecule has 106 valence electrons. The topological polar surface area (TPSA) is 53.4 Å². The van der Waals surface area contributed by atoms with Gasteiger partial charge in [-0.25, -0.2) is 0 Å². The number of hydrogen-bond acceptors (Lipinski definition) is 4. The molecule has 2 aromatic rings. The fourth-order valence-electron chi connectivity index (χ4n) is 2.05. The standard InChI is InChI=1S/C15H18N2O3/c1-17-11(8-9-16-17)4-6-14(18)13-10-12(19-2)5-7-15(13)20-3/h5,7-10H,4,6H2,1-3H3. The Labute approximate surface area is 118 Å². The highest BCUT2D eigenvalue weighted by molar-refractivity contribution is 5.99. The molecule has 1 aromatic heterocycles. The largest absolute Gasteiger partial charge is 0.497 e. The van der Waals surface area contributed by atoms with Crippen LogP contribution in [0.2, 0.25) is 0 Å². The Balaban J connectivity index is 2.14. The second kappa shape index (κ2) is 6.23. The summed E-state index contributed by atoms with van der Waals surface area (Å²) in [7, 11) is 5.00. The highest BCUT2D eigenvalue weighted by atomic mass is 16.5. The van der Waals surface area contributed by atoms with Crippen LogP contribution in [-0.4, -0.2) is 29.8 Å². The van der Waals surface area contributed by atoms with Crippen molar-refractivity contribution in [2.75, 3.05) is 14.2 Å². The summed E-state index contributed by atoms with van der Waals surface area (Å²) in [5.41, 5.74) is 1.58. The van der Waals surface area contributed by atoms with Crippen molar-refractivity contribution in [1.29, 1.82) is 0 Å². The summed E-state index contributed by atoms with van der Waals surface area (Å²) in [6, 6.07) is 7.15. The van der Waals surface area contributed by atoms with E-state index in [0.717, 1.165) is 5.69 Å². The van der Waals surface area contributed by atoms with Crippen molar-refractivity contribution in [2.24, 2.45) is 7.05 Å². The number of Topliss-reactive ketones (excluding diaryl/α,β-unsaturated/α-hetero) is 1. The van der Waals surface area contributed by atoms with Gasteiger partial charge >= 0.3 is 0 Å². The molecule has 0 spiro atoms. The number of aryl methyl sites for hydroxylation is 2. The summed E-state index contributed by atoms with van der Waals surface area (Å²) < 4.78 is 12.2. The normalized spacial score (nSPS) is 10.3. The molecule has 1 aromatic carbocycles. The predicted molar refractivity (Wildman–Crippen MR) is 75.4 cm³/mol. The Morgan fingerprint density at radius 3 is 2.65 bits per heavy atom. The maximum absolute atomic E-state index is 12.3. The first-order valence-electron chi connectivity index (χ1n) is 6.38. The maximum Gasteiger partial charge on any atom is 0.167 e. The SMILES string of the molecule is COc1ccc(OC)c(C(=O)CCc2ccnn2C)c1. The van der Waals surface area contributed by atoms with Crippen LogP contribution in [0.15, 0.2) is 30.5 Å². The molecule has 0 radical (unpaired) electrons. The summed E-state index contributed by atoms with van der Waals surface area (Å²) in [5, 5.41) is 4.09. The van der Waals surface area contributed by atoms with Crippen molar-refractivity contribution < 1.29 is 14.3 Å². The van der Waals surface area contributed by atoms with E-state index in [2.05, 4.69) is 5.10 Å². The molecule has 5 nitrogen and oxygen atoms in total. The van der Waals surface area contributed by atoms with Gasteiger partial charge in [0.1, 0.15) is 11.5 Å². The maximum atomic E-state index is 12.3. The number of carbonyl (C=O) groups is 1. The smallest absolute Gasteiger partial charge is 0.167 e. The number of hydrogen-bond donors (Lipinski definition) is 0. The number of ether oxygens (including phenoxy) is 2. The molecule has 0 unspecified atom stereocenters. The molecule has 0 aliphatic heterocycles. The van der Waals surface area contributed by atoms with E-state index in [0.29, 0.717) is 29.9 Å². The van der Waals surface area contributed by atoms with Crippen LogP contribution in [0, 0.1) is 0 Å². The van der Waals surface area contributed by atoms with Gasteiger partial charge < -0.3 is 9.47 Å². The Morgan fingerprint density at radius 1 is 1.25 bits per heavy atom. The van der Waals surface area contributed by atoms with Gasteiger partial charge in [0, 0.05) is 25.4 Å². The van der Waals surface area contributed by atoms with Gasteiger partial charge in [0.2, 0.25) is 0 Å². The van der Waals surface area contributed by atoms with Crippen LogP contribution in [0.25, 0.3) is 0 Å². The summed E-state index contributed by atoms with van der Waals surface area (Å²) in [6.07, 6.45) is 2.78. The predicted octanol–water partition coefficient (Wildman–Crippen LogP) is 2.25. The van der Waals surface area contributed by atoms with E-state index < -0.39 is 0 Å². The number of nitrogens with zero attached hydrogens (tertiary/aromatic N) is 2. The average Bonchev–Trinajstić information content (AvgIpc) is 2.89. The Bertz CT molecular complexity index is 605. The van der Waals surface area contributed by atoms with Crippen molar-refractivity contribution in [2.45, 2.75) is 12.8 Å². The zero-order valence-electron chi connectivity index (χ0n) is 11.9. The van der Waals surface area contributed by atoms with Gasteiger partial charge in [-0.15, -0.1) is 0 Å². The van der Waals surface area contributed by atoms with Crippen LogP contribution in [0.5, 0.6) is 11.5 Å². The third-order valence-corrected chi connectivity index (χ3v) is 3.24. The lowest BCUT2D eigenvalue weighted by Gasteiger charge is -2.09. The van der Waals surface area contributed by atoms with Crippen LogP contribution in [0.4, 0.5) is 0 Å². The van der Waals surface area contributed by atoms with Crippen LogP contribution in [0.3, 0.4) is 0 Å². The number of aromatic nitrogens is 2. The molecular weight excluding hydrogens is 256 g/mol. The number of rotatable bonds is 6. The second-order valence-corrected chi connectivity index (χ2v) is 4.44. The number of methoxy groups -OCH3 is 2. The lowest BCUT2D eigenvalue weighted by Crippen LogP contribution is -2.06. The summed E-state index contributed by atoms with van der Waals surface area (Å²) in [5.74, 6) is 1.25.